The highest BCUT2D eigenvalue weighted by Crippen LogP contribution is 2.30. The van der Waals surface area contributed by atoms with Gasteiger partial charge in [0.2, 0.25) is 11.7 Å². The van der Waals surface area contributed by atoms with Gasteiger partial charge in [-0.3, -0.25) is 13.7 Å². The molecule has 1 saturated carbocycles. The molecule has 0 saturated heterocycles. The lowest BCUT2D eigenvalue weighted by atomic mass is 10.1. The molecule has 1 fully saturated rings. The summed E-state index contributed by atoms with van der Waals surface area (Å²) in [7, 11) is -2.56. The van der Waals surface area contributed by atoms with Gasteiger partial charge in [-0.2, -0.15) is 13.5 Å². The molecule has 3 heterocycles. The Hall–Kier alpha value is -3.46. The van der Waals surface area contributed by atoms with Crippen LogP contribution in [0.15, 0.2) is 43.1 Å². The van der Waals surface area contributed by atoms with Crippen molar-refractivity contribution in [1.29, 1.82) is 0 Å². The van der Waals surface area contributed by atoms with Crippen LogP contribution in [0.1, 0.15) is 34.5 Å². The van der Waals surface area contributed by atoms with Crippen molar-refractivity contribution in [3.8, 4) is 5.88 Å². The van der Waals surface area contributed by atoms with Gasteiger partial charge in [0.05, 0.1) is 31.9 Å². The summed E-state index contributed by atoms with van der Waals surface area (Å²) >= 11 is 0. The fraction of sp³-hybridized carbons (Fsp3) is 0.381. The van der Waals surface area contributed by atoms with E-state index in [0.29, 0.717) is 31.1 Å². The summed E-state index contributed by atoms with van der Waals surface area (Å²) < 4.78 is 33.6. The zero-order chi connectivity index (χ0) is 25.0. The third-order valence-corrected chi connectivity index (χ3v) is 6.12. The topological polar surface area (TPSA) is 184 Å². The highest BCUT2D eigenvalue weighted by molar-refractivity contribution is 7.84. The first-order valence-electron chi connectivity index (χ1n) is 10.7. The van der Waals surface area contributed by atoms with Gasteiger partial charge < -0.3 is 15.2 Å². The third kappa shape index (κ3) is 6.16. The number of aliphatic hydroxyl groups is 1. The number of pyridine rings is 1. The van der Waals surface area contributed by atoms with Gasteiger partial charge in [0.15, 0.2) is 0 Å². The minimum atomic E-state index is -4.10. The van der Waals surface area contributed by atoms with Gasteiger partial charge in [0.1, 0.15) is 17.8 Å². The Bertz CT molecular complexity index is 1300. The summed E-state index contributed by atoms with van der Waals surface area (Å²) in [5, 5.41) is 22.7. The number of nitrogens with two attached hydrogens (primary N) is 1. The van der Waals surface area contributed by atoms with Gasteiger partial charge in [-0.15, -0.1) is 0 Å². The van der Waals surface area contributed by atoms with Crippen LogP contribution in [0.5, 0.6) is 5.88 Å². The van der Waals surface area contributed by atoms with Gasteiger partial charge >= 0.3 is 10.3 Å². The molecule has 14 heteroatoms. The van der Waals surface area contributed by atoms with E-state index in [1.807, 2.05) is 6.07 Å². The highest BCUT2D eigenvalue weighted by atomic mass is 32.2. The standard InChI is InChI=1S/C21H25N7O6S/c1-33-21-13(3-2-5-24-21)10-28-6-4-17(27-28)19(30)16-9-23-12-25-20(16)26-15-7-14(18(29)8-15)11-34-35(22,31)32/h2-6,9,12,14-15,18,29H,7-8,10-11H2,1H3,(H2,22,31,32)(H,23,25,26)/t14-,15-,18+/m1/s1. The van der Waals surface area contributed by atoms with Crippen molar-refractivity contribution in [2.24, 2.45) is 11.1 Å². The average Bonchev–Trinajstić information content (AvgIpc) is 3.43. The summed E-state index contributed by atoms with van der Waals surface area (Å²) in [6.07, 6.45) is 5.93. The SMILES string of the molecule is COc1ncccc1Cn1ccc(C(=O)c2cncnc2N[C@@H]2C[C@H](COS(N)(=O)=O)[C@@H](O)C2)n1. The predicted molar refractivity (Wildman–Crippen MR) is 123 cm³/mol. The Morgan fingerprint density at radius 3 is 2.91 bits per heavy atom. The van der Waals surface area contributed by atoms with Crippen LogP contribution in [0.3, 0.4) is 0 Å². The summed E-state index contributed by atoms with van der Waals surface area (Å²) in [6.45, 7) is 0.134. The molecular weight excluding hydrogens is 478 g/mol. The van der Waals surface area contributed by atoms with Crippen molar-refractivity contribution in [2.45, 2.75) is 31.5 Å². The maximum atomic E-state index is 13.2. The van der Waals surface area contributed by atoms with Crippen LogP contribution in [0.25, 0.3) is 0 Å². The van der Waals surface area contributed by atoms with Crippen molar-refractivity contribution in [1.82, 2.24) is 24.7 Å². The van der Waals surface area contributed by atoms with E-state index in [0.717, 1.165) is 5.56 Å². The van der Waals surface area contributed by atoms with E-state index in [9.17, 15) is 18.3 Å². The monoisotopic (exact) mass is 503 g/mol. The Labute approximate surface area is 201 Å². The van der Waals surface area contributed by atoms with Crippen LogP contribution < -0.4 is 15.2 Å². The molecule has 186 valence electrons. The second kappa shape index (κ2) is 10.4. The van der Waals surface area contributed by atoms with E-state index >= 15 is 0 Å². The number of nitrogens with one attached hydrogen (secondary N) is 1. The molecule has 0 aliphatic heterocycles. The molecule has 0 aromatic carbocycles. The fourth-order valence-electron chi connectivity index (χ4n) is 4.00. The normalized spacial score (nSPS) is 20.0. The molecule has 3 atom stereocenters. The highest BCUT2D eigenvalue weighted by Gasteiger charge is 2.34. The molecule has 13 nitrogen and oxygen atoms in total. The summed E-state index contributed by atoms with van der Waals surface area (Å²) in [6, 6.07) is 4.98. The van der Waals surface area contributed by atoms with Crippen LogP contribution in [0.4, 0.5) is 5.82 Å². The van der Waals surface area contributed by atoms with E-state index in [1.165, 1.54) is 19.6 Å². The first-order chi connectivity index (χ1) is 16.7. The lowest BCUT2D eigenvalue weighted by Gasteiger charge is -2.15. The van der Waals surface area contributed by atoms with E-state index in [1.54, 1.807) is 29.2 Å². The minimum Gasteiger partial charge on any atom is -0.481 e. The van der Waals surface area contributed by atoms with E-state index in [-0.39, 0.29) is 29.7 Å². The number of ketones is 1. The van der Waals surface area contributed by atoms with Gasteiger partial charge in [0.25, 0.3) is 0 Å². The van der Waals surface area contributed by atoms with Crippen molar-refractivity contribution < 1.29 is 27.2 Å². The molecule has 3 aromatic rings. The van der Waals surface area contributed by atoms with Crippen molar-refractivity contribution >= 4 is 21.9 Å². The third-order valence-electron chi connectivity index (χ3n) is 5.65. The number of hydrogen-bond donors (Lipinski definition) is 3. The molecular formula is C21H25N7O6S. The number of aromatic nitrogens is 5. The number of hydrogen-bond acceptors (Lipinski definition) is 11. The molecule has 4 rings (SSSR count). The maximum Gasteiger partial charge on any atom is 0.333 e. The Kier molecular flexibility index (Phi) is 7.35. The predicted octanol–water partition coefficient (Wildman–Crippen LogP) is 0.128. The molecule has 1 aliphatic carbocycles. The number of methoxy groups -OCH3 is 1. The van der Waals surface area contributed by atoms with Crippen LogP contribution >= 0.6 is 0 Å². The van der Waals surface area contributed by atoms with Gasteiger partial charge in [-0.05, 0) is 25.0 Å². The maximum absolute atomic E-state index is 13.2. The number of ether oxygens (including phenoxy) is 1. The molecule has 0 radical (unpaired) electrons. The average molecular weight is 504 g/mol. The molecule has 0 unspecified atom stereocenters. The number of carbonyl (C=O) groups is 1. The summed E-state index contributed by atoms with van der Waals surface area (Å²) in [4.78, 5) is 25.5. The Balaban J connectivity index is 1.45. The molecule has 0 amide bonds. The van der Waals surface area contributed by atoms with Crippen LogP contribution in [-0.2, 0) is 21.0 Å². The van der Waals surface area contributed by atoms with E-state index in [4.69, 9.17) is 9.88 Å². The van der Waals surface area contributed by atoms with Gasteiger partial charge in [-0.1, -0.05) is 6.07 Å². The van der Waals surface area contributed by atoms with Crippen LogP contribution in [0, 0.1) is 5.92 Å². The van der Waals surface area contributed by atoms with Gasteiger partial charge in [-0.25, -0.2) is 20.1 Å². The second-order valence-electron chi connectivity index (χ2n) is 8.10. The lowest BCUT2D eigenvalue weighted by Crippen LogP contribution is -2.24. The zero-order valence-corrected chi connectivity index (χ0v) is 19.6. The Morgan fingerprint density at radius 1 is 1.31 bits per heavy atom. The van der Waals surface area contributed by atoms with Crippen molar-refractivity contribution in [3.05, 3.63) is 59.9 Å². The van der Waals surface area contributed by atoms with Crippen LogP contribution in [-0.4, -0.2) is 69.9 Å². The fourth-order valence-corrected chi connectivity index (χ4v) is 4.36. The number of carbonyl (C=O) groups excluding carboxylic acids is 1. The molecule has 4 N–H and O–H groups in total. The molecule has 1 aliphatic rings. The van der Waals surface area contributed by atoms with Crippen molar-refractivity contribution in [2.75, 3.05) is 19.0 Å². The lowest BCUT2D eigenvalue weighted by molar-refractivity contribution is 0.101. The number of nitrogens with zero attached hydrogens (tertiary/aromatic N) is 5. The smallest absolute Gasteiger partial charge is 0.333 e. The quantitative estimate of drug-likeness (QED) is 0.319. The zero-order valence-electron chi connectivity index (χ0n) is 18.8. The molecule has 0 bridgehead atoms. The van der Waals surface area contributed by atoms with Gasteiger partial charge in [0, 0.05) is 36.1 Å². The largest absolute Gasteiger partial charge is 0.481 e. The van der Waals surface area contributed by atoms with E-state index < -0.39 is 22.3 Å². The molecule has 3 aromatic heterocycles. The molecule has 0 spiro atoms. The van der Waals surface area contributed by atoms with Crippen molar-refractivity contribution in [3.63, 3.8) is 0 Å². The van der Waals surface area contributed by atoms with E-state index in [2.05, 4.69) is 29.6 Å². The minimum absolute atomic E-state index is 0.205. The second-order valence-corrected chi connectivity index (χ2v) is 9.32. The number of anilines is 1. The van der Waals surface area contributed by atoms with Crippen LogP contribution in [0.2, 0.25) is 0 Å². The first-order valence-corrected chi connectivity index (χ1v) is 12.2. The molecule has 35 heavy (non-hydrogen) atoms. The number of rotatable bonds is 10. The number of aliphatic hydroxyl groups excluding tert-OH is 1. The summed E-state index contributed by atoms with van der Waals surface area (Å²) in [5.74, 6) is -0.0475. The first kappa shape index (κ1) is 24.7. The summed E-state index contributed by atoms with van der Waals surface area (Å²) in [5.41, 5.74) is 1.23. The Morgan fingerprint density at radius 2 is 2.14 bits per heavy atom.